The summed E-state index contributed by atoms with van der Waals surface area (Å²) in [6.45, 7) is 1.94. The summed E-state index contributed by atoms with van der Waals surface area (Å²) in [4.78, 5) is 14.4. The molecule has 4 heteroatoms. The van der Waals surface area contributed by atoms with Gasteiger partial charge in [0.25, 0.3) is 0 Å². The lowest BCUT2D eigenvalue weighted by Gasteiger charge is -2.28. The lowest BCUT2D eigenvalue weighted by atomic mass is 9.99. The largest absolute Gasteiger partial charge is 0.504 e. The SMILES string of the molecule is O=C(CN1CCc2ccccc2C1)c1ccc(O)c(O)c1. The van der Waals surface area contributed by atoms with Gasteiger partial charge in [-0.05, 0) is 35.7 Å². The van der Waals surface area contributed by atoms with Gasteiger partial charge in [0, 0.05) is 18.7 Å². The number of Topliss-reactive ketones (excluding diaryl/α,β-unsaturated/α-hetero) is 1. The third-order valence-corrected chi connectivity index (χ3v) is 3.87. The van der Waals surface area contributed by atoms with Crippen molar-refractivity contribution in [3.05, 3.63) is 59.2 Å². The smallest absolute Gasteiger partial charge is 0.176 e. The molecule has 0 radical (unpaired) electrons. The van der Waals surface area contributed by atoms with Crippen LogP contribution >= 0.6 is 0 Å². The Labute approximate surface area is 123 Å². The van der Waals surface area contributed by atoms with Crippen LogP contribution < -0.4 is 0 Å². The van der Waals surface area contributed by atoms with Crippen molar-refractivity contribution in [2.45, 2.75) is 13.0 Å². The highest BCUT2D eigenvalue weighted by molar-refractivity contribution is 5.98. The molecule has 2 N–H and O–H groups in total. The summed E-state index contributed by atoms with van der Waals surface area (Å²) in [6.07, 6.45) is 0.949. The van der Waals surface area contributed by atoms with E-state index < -0.39 is 0 Å². The number of carbonyl (C=O) groups is 1. The summed E-state index contributed by atoms with van der Waals surface area (Å²) in [5.74, 6) is -0.520. The number of aromatic hydroxyl groups is 2. The van der Waals surface area contributed by atoms with Crippen LogP contribution in [0.25, 0.3) is 0 Å². The predicted octanol–water partition coefficient (Wildman–Crippen LogP) is 2.34. The van der Waals surface area contributed by atoms with E-state index in [1.54, 1.807) is 0 Å². The summed E-state index contributed by atoms with van der Waals surface area (Å²) in [5.41, 5.74) is 3.04. The number of benzene rings is 2. The van der Waals surface area contributed by atoms with Crippen molar-refractivity contribution in [3.8, 4) is 11.5 Å². The van der Waals surface area contributed by atoms with E-state index >= 15 is 0 Å². The van der Waals surface area contributed by atoms with Crippen molar-refractivity contribution < 1.29 is 15.0 Å². The minimum absolute atomic E-state index is 0.0512. The Bertz CT molecular complexity index is 681. The molecule has 0 saturated heterocycles. The number of nitrogens with zero attached hydrogens (tertiary/aromatic N) is 1. The molecule has 1 heterocycles. The summed E-state index contributed by atoms with van der Waals surface area (Å²) in [7, 11) is 0. The highest BCUT2D eigenvalue weighted by Gasteiger charge is 2.19. The van der Waals surface area contributed by atoms with E-state index in [1.807, 2.05) is 12.1 Å². The van der Waals surface area contributed by atoms with Crippen molar-refractivity contribution in [3.63, 3.8) is 0 Å². The molecule has 2 aromatic carbocycles. The fourth-order valence-electron chi connectivity index (χ4n) is 2.68. The lowest BCUT2D eigenvalue weighted by Crippen LogP contribution is -2.34. The quantitative estimate of drug-likeness (QED) is 0.670. The molecule has 1 aliphatic heterocycles. The number of hydrogen-bond donors (Lipinski definition) is 2. The molecule has 1 aliphatic rings. The van der Waals surface area contributed by atoms with E-state index in [2.05, 4.69) is 17.0 Å². The first-order chi connectivity index (χ1) is 10.1. The molecular weight excluding hydrogens is 266 g/mol. The Morgan fingerprint density at radius 3 is 2.57 bits per heavy atom. The van der Waals surface area contributed by atoms with Crippen molar-refractivity contribution in [1.29, 1.82) is 0 Å². The third-order valence-electron chi connectivity index (χ3n) is 3.87. The number of carbonyl (C=O) groups excluding carboxylic acids is 1. The van der Waals surface area contributed by atoms with E-state index in [-0.39, 0.29) is 17.3 Å². The molecule has 0 unspecified atom stereocenters. The molecule has 4 nitrogen and oxygen atoms in total. The van der Waals surface area contributed by atoms with E-state index in [0.29, 0.717) is 12.1 Å². The number of fused-ring (bicyclic) bond motifs is 1. The predicted molar refractivity (Wildman–Crippen MR) is 79.5 cm³/mol. The maximum atomic E-state index is 12.3. The van der Waals surface area contributed by atoms with E-state index in [0.717, 1.165) is 19.5 Å². The molecule has 0 bridgehead atoms. The Kier molecular flexibility index (Phi) is 3.62. The second kappa shape index (κ2) is 5.58. The van der Waals surface area contributed by atoms with Crippen LogP contribution in [-0.4, -0.2) is 34.0 Å². The van der Waals surface area contributed by atoms with E-state index in [4.69, 9.17) is 0 Å². The molecule has 108 valence electrons. The summed E-state index contributed by atoms with van der Waals surface area (Å²) >= 11 is 0. The first kappa shape index (κ1) is 13.6. The Morgan fingerprint density at radius 2 is 1.81 bits per heavy atom. The van der Waals surface area contributed by atoms with Crippen LogP contribution in [0.1, 0.15) is 21.5 Å². The molecule has 3 rings (SSSR count). The van der Waals surface area contributed by atoms with Gasteiger partial charge in [-0.2, -0.15) is 0 Å². The fraction of sp³-hybridized carbons (Fsp3) is 0.235. The number of phenolic OH excluding ortho intramolecular Hbond substituents is 2. The van der Waals surface area contributed by atoms with Crippen LogP contribution in [0.2, 0.25) is 0 Å². The van der Waals surface area contributed by atoms with Gasteiger partial charge in [0.1, 0.15) is 0 Å². The second-order valence-electron chi connectivity index (χ2n) is 5.36. The topological polar surface area (TPSA) is 60.8 Å². The van der Waals surface area contributed by atoms with Crippen LogP contribution in [-0.2, 0) is 13.0 Å². The molecule has 0 fully saturated rings. The second-order valence-corrected chi connectivity index (χ2v) is 5.36. The third kappa shape index (κ3) is 2.90. The molecule has 0 saturated carbocycles. The maximum Gasteiger partial charge on any atom is 0.176 e. The zero-order valence-corrected chi connectivity index (χ0v) is 11.6. The monoisotopic (exact) mass is 283 g/mol. The molecular formula is C17H17NO3. The molecule has 21 heavy (non-hydrogen) atoms. The lowest BCUT2D eigenvalue weighted by molar-refractivity contribution is 0.0921. The van der Waals surface area contributed by atoms with Crippen LogP contribution in [0.5, 0.6) is 11.5 Å². The van der Waals surface area contributed by atoms with Crippen LogP contribution in [0.3, 0.4) is 0 Å². The van der Waals surface area contributed by atoms with E-state index in [1.165, 1.54) is 29.3 Å². The van der Waals surface area contributed by atoms with Crippen molar-refractivity contribution in [2.24, 2.45) is 0 Å². The minimum Gasteiger partial charge on any atom is -0.504 e. The number of rotatable bonds is 3. The van der Waals surface area contributed by atoms with Crippen molar-refractivity contribution >= 4 is 5.78 Å². The summed E-state index contributed by atoms with van der Waals surface area (Å²) in [6, 6.07) is 12.5. The highest BCUT2D eigenvalue weighted by Crippen LogP contribution is 2.25. The van der Waals surface area contributed by atoms with Crippen LogP contribution in [0.4, 0.5) is 0 Å². The average Bonchev–Trinajstić information content (AvgIpc) is 2.50. The van der Waals surface area contributed by atoms with Gasteiger partial charge < -0.3 is 10.2 Å². The number of ketones is 1. The Balaban J connectivity index is 1.70. The zero-order valence-electron chi connectivity index (χ0n) is 11.6. The first-order valence-electron chi connectivity index (χ1n) is 6.98. The Morgan fingerprint density at radius 1 is 1.05 bits per heavy atom. The van der Waals surface area contributed by atoms with Crippen molar-refractivity contribution in [2.75, 3.05) is 13.1 Å². The fourth-order valence-corrected chi connectivity index (χ4v) is 2.68. The van der Waals surface area contributed by atoms with Gasteiger partial charge >= 0.3 is 0 Å². The molecule has 0 aliphatic carbocycles. The molecule has 0 spiro atoms. The highest BCUT2D eigenvalue weighted by atomic mass is 16.3. The maximum absolute atomic E-state index is 12.3. The molecule has 0 atom stereocenters. The molecule has 2 aromatic rings. The zero-order chi connectivity index (χ0) is 14.8. The number of hydrogen-bond acceptors (Lipinski definition) is 4. The van der Waals surface area contributed by atoms with Gasteiger partial charge in [0.2, 0.25) is 0 Å². The van der Waals surface area contributed by atoms with Crippen molar-refractivity contribution in [1.82, 2.24) is 4.90 Å². The van der Waals surface area contributed by atoms with Gasteiger partial charge in [0.05, 0.1) is 6.54 Å². The Hall–Kier alpha value is -2.33. The van der Waals surface area contributed by atoms with Crippen LogP contribution in [0, 0.1) is 0 Å². The standard InChI is InChI=1S/C17H17NO3/c19-15-6-5-13(9-16(15)20)17(21)11-18-8-7-12-3-1-2-4-14(12)10-18/h1-6,9,19-20H,7-8,10-11H2. The van der Waals surface area contributed by atoms with Gasteiger partial charge in [-0.1, -0.05) is 24.3 Å². The van der Waals surface area contributed by atoms with E-state index in [9.17, 15) is 15.0 Å². The van der Waals surface area contributed by atoms with Gasteiger partial charge in [-0.15, -0.1) is 0 Å². The van der Waals surface area contributed by atoms with Gasteiger partial charge in [-0.3, -0.25) is 9.69 Å². The first-order valence-corrected chi connectivity index (χ1v) is 6.98. The molecule has 0 aromatic heterocycles. The van der Waals surface area contributed by atoms with Crippen LogP contribution in [0.15, 0.2) is 42.5 Å². The molecule has 0 amide bonds. The normalized spacial score (nSPS) is 14.7. The van der Waals surface area contributed by atoms with Gasteiger partial charge in [0.15, 0.2) is 17.3 Å². The van der Waals surface area contributed by atoms with Gasteiger partial charge in [-0.25, -0.2) is 0 Å². The minimum atomic E-state index is -0.259. The summed E-state index contributed by atoms with van der Waals surface area (Å²) in [5, 5.41) is 18.8. The number of phenols is 2. The average molecular weight is 283 g/mol. The summed E-state index contributed by atoms with van der Waals surface area (Å²) < 4.78 is 0.